The van der Waals surface area contributed by atoms with Crippen LogP contribution in [0.5, 0.6) is 11.5 Å². The number of benzene rings is 1. The number of nitrogens with one attached hydrogen (secondary N) is 2. The van der Waals surface area contributed by atoms with Crippen LogP contribution in [0.2, 0.25) is 0 Å². The first kappa shape index (κ1) is 12.9. The summed E-state index contributed by atoms with van der Waals surface area (Å²) in [6.07, 6.45) is 0.346. The molecule has 0 aromatic heterocycles. The number of para-hydroxylation sites is 1. The molecule has 1 aliphatic heterocycles. The minimum Gasteiger partial charge on any atom is -0.504 e. The van der Waals surface area contributed by atoms with Gasteiger partial charge in [0.15, 0.2) is 11.5 Å². The molecule has 19 heavy (non-hydrogen) atoms. The largest absolute Gasteiger partial charge is 0.504 e. The summed E-state index contributed by atoms with van der Waals surface area (Å²) in [5, 5.41) is 23.3. The van der Waals surface area contributed by atoms with E-state index in [1.165, 1.54) is 18.2 Å². The number of carbonyl (C=O) groups excluding carboxylic acids is 3. The molecule has 0 saturated carbocycles. The summed E-state index contributed by atoms with van der Waals surface area (Å²) in [4.78, 5) is 34.3. The number of hydrogen-bond donors (Lipinski definition) is 4. The minimum atomic E-state index is -0.827. The van der Waals surface area contributed by atoms with Gasteiger partial charge in [-0.2, -0.15) is 0 Å². The molecule has 3 amide bonds. The second-order valence-electron chi connectivity index (χ2n) is 4.15. The summed E-state index contributed by atoms with van der Waals surface area (Å²) >= 11 is 0. The van der Waals surface area contributed by atoms with Gasteiger partial charge in [0.1, 0.15) is 6.04 Å². The molecular weight excluding hydrogens is 252 g/mol. The van der Waals surface area contributed by atoms with Crippen molar-refractivity contribution in [2.24, 2.45) is 0 Å². The van der Waals surface area contributed by atoms with Crippen LogP contribution in [0.1, 0.15) is 23.2 Å². The van der Waals surface area contributed by atoms with Crippen molar-refractivity contribution in [2.75, 3.05) is 0 Å². The fourth-order valence-electron chi connectivity index (χ4n) is 1.78. The zero-order chi connectivity index (χ0) is 14.0. The van der Waals surface area contributed by atoms with Gasteiger partial charge in [-0.1, -0.05) is 6.07 Å². The standard InChI is InChI=1S/C12H12N2O5/c15-8-3-1-2-6(10(8)17)11(18)13-7-4-5-9(16)14-12(7)19/h1-3,7,15,17H,4-5H2,(H,13,18)(H,14,16,19). The first-order chi connectivity index (χ1) is 8.99. The molecular formula is C12H12N2O5. The van der Waals surface area contributed by atoms with E-state index in [4.69, 9.17) is 0 Å². The summed E-state index contributed by atoms with van der Waals surface area (Å²) < 4.78 is 0. The molecule has 7 nitrogen and oxygen atoms in total. The predicted octanol–water partition coefficient (Wildman–Crippen LogP) is -0.367. The van der Waals surface area contributed by atoms with E-state index in [9.17, 15) is 24.6 Å². The van der Waals surface area contributed by atoms with Crippen LogP contribution in [0, 0.1) is 0 Å². The number of carbonyl (C=O) groups is 3. The number of amides is 3. The van der Waals surface area contributed by atoms with Gasteiger partial charge >= 0.3 is 0 Å². The lowest BCUT2D eigenvalue weighted by Crippen LogP contribution is -2.52. The Morgan fingerprint density at radius 3 is 2.74 bits per heavy atom. The van der Waals surface area contributed by atoms with Crippen LogP contribution in [0.15, 0.2) is 18.2 Å². The van der Waals surface area contributed by atoms with Crippen molar-refractivity contribution in [3.63, 3.8) is 0 Å². The molecule has 1 aromatic carbocycles. The zero-order valence-corrected chi connectivity index (χ0v) is 9.84. The van der Waals surface area contributed by atoms with Gasteiger partial charge in [-0.25, -0.2) is 0 Å². The highest BCUT2D eigenvalue weighted by atomic mass is 16.3. The fraction of sp³-hybridized carbons (Fsp3) is 0.250. The lowest BCUT2D eigenvalue weighted by Gasteiger charge is -2.21. The van der Waals surface area contributed by atoms with E-state index >= 15 is 0 Å². The molecule has 2 rings (SSSR count). The van der Waals surface area contributed by atoms with Gasteiger partial charge < -0.3 is 15.5 Å². The number of hydrogen-bond acceptors (Lipinski definition) is 5. The first-order valence-corrected chi connectivity index (χ1v) is 5.64. The molecule has 0 bridgehead atoms. The molecule has 0 spiro atoms. The van der Waals surface area contributed by atoms with Crippen molar-refractivity contribution in [1.29, 1.82) is 0 Å². The van der Waals surface area contributed by atoms with Gasteiger partial charge in [0, 0.05) is 6.42 Å². The van der Waals surface area contributed by atoms with Crippen molar-refractivity contribution in [1.82, 2.24) is 10.6 Å². The fourth-order valence-corrected chi connectivity index (χ4v) is 1.78. The Kier molecular flexibility index (Phi) is 3.37. The van der Waals surface area contributed by atoms with E-state index in [2.05, 4.69) is 10.6 Å². The first-order valence-electron chi connectivity index (χ1n) is 5.64. The molecule has 1 aliphatic rings. The molecule has 1 aromatic rings. The predicted molar refractivity (Wildman–Crippen MR) is 63.4 cm³/mol. The monoisotopic (exact) mass is 264 g/mol. The highest BCUT2D eigenvalue weighted by Gasteiger charge is 2.28. The number of phenolic OH excluding ortho intramolecular Hbond substituents is 2. The molecule has 4 N–H and O–H groups in total. The Labute approximate surface area is 108 Å². The smallest absolute Gasteiger partial charge is 0.255 e. The molecule has 1 unspecified atom stereocenters. The van der Waals surface area contributed by atoms with E-state index < -0.39 is 29.4 Å². The maximum atomic E-state index is 11.9. The summed E-state index contributed by atoms with van der Waals surface area (Å²) in [7, 11) is 0. The molecule has 0 aliphatic carbocycles. The molecule has 1 fully saturated rings. The summed E-state index contributed by atoms with van der Waals surface area (Å²) in [5.41, 5.74) is -0.135. The molecule has 1 heterocycles. The number of piperidine rings is 1. The third-order valence-corrected chi connectivity index (χ3v) is 2.80. The van der Waals surface area contributed by atoms with E-state index in [1.54, 1.807) is 0 Å². The third-order valence-electron chi connectivity index (χ3n) is 2.80. The lowest BCUT2D eigenvalue weighted by molar-refractivity contribution is -0.134. The second kappa shape index (κ2) is 4.97. The molecule has 7 heteroatoms. The van der Waals surface area contributed by atoms with Crippen LogP contribution in [-0.4, -0.2) is 34.0 Å². The van der Waals surface area contributed by atoms with Crippen LogP contribution in [0.4, 0.5) is 0 Å². The average molecular weight is 264 g/mol. The molecule has 0 radical (unpaired) electrons. The highest BCUT2D eigenvalue weighted by molar-refractivity contribution is 6.04. The average Bonchev–Trinajstić information content (AvgIpc) is 2.36. The van der Waals surface area contributed by atoms with Crippen molar-refractivity contribution in [3.05, 3.63) is 23.8 Å². The van der Waals surface area contributed by atoms with Gasteiger partial charge in [0.2, 0.25) is 11.8 Å². The lowest BCUT2D eigenvalue weighted by atomic mass is 10.1. The molecule has 1 saturated heterocycles. The van der Waals surface area contributed by atoms with Gasteiger partial charge in [0.25, 0.3) is 5.91 Å². The van der Waals surface area contributed by atoms with Crippen LogP contribution >= 0.6 is 0 Å². The summed E-state index contributed by atoms with van der Waals surface area (Å²) in [6, 6.07) is 3.12. The van der Waals surface area contributed by atoms with Crippen molar-refractivity contribution >= 4 is 17.7 Å². The maximum absolute atomic E-state index is 11.9. The topological polar surface area (TPSA) is 116 Å². The van der Waals surface area contributed by atoms with E-state index in [-0.39, 0.29) is 24.3 Å². The van der Waals surface area contributed by atoms with Crippen LogP contribution < -0.4 is 10.6 Å². The van der Waals surface area contributed by atoms with Crippen LogP contribution in [0.25, 0.3) is 0 Å². The Morgan fingerprint density at radius 1 is 1.32 bits per heavy atom. The number of imide groups is 1. The van der Waals surface area contributed by atoms with Crippen molar-refractivity contribution in [3.8, 4) is 11.5 Å². The van der Waals surface area contributed by atoms with E-state index in [0.29, 0.717) is 0 Å². The van der Waals surface area contributed by atoms with Crippen LogP contribution in [0.3, 0.4) is 0 Å². The van der Waals surface area contributed by atoms with Gasteiger partial charge in [-0.15, -0.1) is 0 Å². The summed E-state index contributed by atoms with van der Waals surface area (Å²) in [6.45, 7) is 0. The van der Waals surface area contributed by atoms with E-state index in [1.807, 2.05) is 0 Å². The number of aromatic hydroxyl groups is 2. The van der Waals surface area contributed by atoms with Gasteiger partial charge in [-0.05, 0) is 18.6 Å². The van der Waals surface area contributed by atoms with Crippen molar-refractivity contribution < 1.29 is 24.6 Å². The number of phenols is 2. The second-order valence-corrected chi connectivity index (χ2v) is 4.15. The number of rotatable bonds is 2. The minimum absolute atomic E-state index is 0.135. The molecule has 100 valence electrons. The highest BCUT2D eigenvalue weighted by Crippen LogP contribution is 2.28. The third kappa shape index (κ3) is 2.65. The Hall–Kier alpha value is -2.57. The van der Waals surface area contributed by atoms with Gasteiger partial charge in [-0.3, -0.25) is 19.7 Å². The normalized spacial score (nSPS) is 18.8. The quantitative estimate of drug-likeness (QED) is 0.430. The Bertz CT molecular complexity index is 555. The van der Waals surface area contributed by atoms with E-state index in [0.717, 1.165) is 0 Å². The van der Waals surface area contributed by atoms with Gasteiger partial charge in [0.05, 0.1) is 5.56 Å². The SMILES string of the molecule is O=C1CCC(NC(=O)c2cccc(O)c2O)C(=O)N1. The zero-order valence-electron chi connectivity index (χ0n) is 9.84. The van der Waals surface area contributed by atoms with Crippen molar-refractivity contribution in [2.45, 2.75) is 18.9 Å². The molecule has 1 atom stereocenters. The summed E-state index contributed by atoms with van der Waals surface area (Å²) in [5.74, 6) is -2.62. The Morgan fingerprint density at radius 2 is 2.05 bits per heavy atom. The Balaban J connectivity index is 2.11. The maximum Gasteiger partial charge on any atom is 0.255 e. The van der Waals surface area contributed by atoms with Crippen LogP contribution in [-0.2, 0) is 9.59 Å².